The van der Waals surface area contributed by atoms with Crippen LogP contribution in [-0.4, -0.2) is 25.7 Å². The Labute approximate surface area is 173 Å². The molecule has 3 heterocycles. The quantitative estimate of drug-likeness (QED) is 0.398. The van der Waals surface area contributed by atoms with E-state index in [1.54, 1.807) is 29.3 Å². The second-order valence-electron chi connectivity index (χ2n) is 7.01. The predicted molar refractivity (Wildman–Crippen MR) is 115 cm³/mol. The Hall–Kier alpha value is -4.18. The minimum absolute atomic E-state index is 0.0398. The maximum Gasteiger partial charge on any atom is 0.262 e. The van der Waals surface area contributed by atoms with Gasteiger partial charge in [-0.25, -0.2) is 4.98 Å². The molecule has 4 rings (SSSR count). The molecule has 30 heavy (non-hydrogen) atoms. The van der Waals surface area contributed by atoms with Gasteiger partial charge in [-0.3, -0.25) is 9.48 Å². The molecule has 0 aliphatic rings. The van der Waals surface area contributed by atoms with Gasteiger partial charge >= 0.3 is 0 Å². The summed E-state index contributed by atoms with van der Waals surface area (Å²) in [6, 6.07) is 11.6. The average molecular weight is 396 g/mol. The van der Waals surface area contributed by atoms with Gasteiger partial charge in [0.05, 0.1) is 6.20 Å². The zero-order chi connectivity index (χ0) is 21.1. The van der Waals surface area contributed by atoms with Crippen LogP contribution in [0.1, 0.15) is 16.7 Å². The summed E-state index contributed by atoms with van der Waals surface area (Å²) in [4.78, 5) is 20.2. The first-order valence-electron chi connectivity index (χ1n) is 9.46. The summed E-state index contributed by atoms with van der Waals surface area (Å²) in [7, 11) is 1.86. The van der Waals surface area contributed by atoms with Gasteiger partial charge in [0.25, 0.3) is 5.91 Å². The molecule has 4 aromatic rings. The number of pyridine rings is 1. The molecule has 2 N–H and O–H groups in total. The van der Waals surface area contributed by atoms with Crippen molar-refractivity contribution in [2.45, 2.75) is 13.5 Å². The van der Waals surface area contributed by atoms with Gasteiger partial charge in [-0.1, -0.05) is 30.3 Å². The fourth-order valence-electron chi connectivity index (χ4n) is 3.43. The monoisotopic (exact) mass is 396 g/mol. The molecule has 3 aromatic heterocycles. The van der Waals surface area contributed by atoms with Crippen LogP contribution in [0.15, 0.2) is 60.7 Å². The highest BCUT2D eigenvalue weighted by molar-refractivity contribution is 6.04. The molecule has 1 amide bonds. The van der Waals surface area contributed by atoms with E-state index in [1.807, 2.05) is 56.6 Å². The van der Waals surface area contributed by atoms with Crippen molar-refractivity contribution in [1.82, 2.24) is 25.1 Å². The number of amides is 1. The zero-order valence-electron chi connectivity index (χ0n) is 16.7. The van der Waals surface area contributed by atoms with E-state index < -0.39 is 5.91 Å². The van der Waals surface area contributed by atoms with Crippen LogP contribution in [0.4, 0.5) is 0 Å². The van der Waals surface area contributed by atoms with Crippen LogP contribution in [0, 0.1) is 18.3 Å². The third-order valence-electron chi connectivity index (χ3n) is 4.97. The number of aromatic amines is 1. The Balaban J connectivity index is 1.66. The van der Waals surface area contributed by atoms with Crippen molar-refractivity contribution in [3.05, 3.63) is 77.4 Å². The number of benzene rings is 1. The third kappa shape index (κ3) is 3.71. The maximum absolute atomic E-state index is 12.5. The van der Waals surface area contributed by atoms with Crippen LogP contribution in [-0.2, 0) is 18.4 Å². The normalized spacial score (nSPS) is 11.4. The number of nitriles is 1. The van der Waals surface area contributed by atoms with E-state index in [0.717, 1.165) is 33.2 Å². The molecule has 7 heteroatoms. The molecule has 0 atom stereocenters. The van der Waals surface area contributed by atoms with Gasteiger partial charge in [-0.05, 0) is 24.1 Å². The summed E-state index contributed by atoms with van der Waals surface area (Å²) in [6.45, 7) is 2.36. The highest BCUT2D eigenvalue weighted by Gasteiger charge is 2.15. The van der Waals surface area contributed by atoms with Crippen molar-refractivity contribution >= 4 is 23.0 Å². The molecule has 0 saturated heterocycles. The molecule has 148 valence electrons. The van der Waals surface area contributed by atoms with E-state index in [4.69, 9.17) is 0 Å². The summed E-state index contributed by atoms with van der Waals surface area (Å²) in [5.41, 5.74) is 5.37. The van der Waals surface area contributed by atoms with Crippen molar-refractivity contribution in [3.8, 4) is 17.2 Å². The van der Waals surface area contributed by atoms with Crippen LogP contribution in [0.3, 0.4) is 0 Å². The molecule has 7 nitrogen and oxygen atoms in total. The molecular formula is C23H20N6O. The average Bonchev–Trinajstić information content (AvgIpc) is 3.38. The van der Waals surface area contributed by atoms with E-state index in [0.29, 0.717) is 12.2 Å². The topological polar surface area (TPSA) is 99.4 Å². The lowest BCUT2D eigenvalue weighted by Gasteiger charge is -2.06. The van der Waals surface area contributed by atoms with E-state index in [9.17, 15) is 10.1 Å². The highest BCUT2D eigenvalue weighted by atomic mass is 16.1. The number of carbonyl (C=O) groups excluding carboxylic acids is 1. The summed E-state index contributed by atoms with van der Waals surface area (Å²) in [6.07, 6.45) is 8.88. The number of rotatable bonds is 5. The van der Waals surface area contributed by atoms with Crippen LogP contribution in [0.5, 0.6) is 0 Å². The van der Waals surface area contributed by atoms with E-state index >= 15 is 0 Å². The van der Waals surface area contributed by atoms with Crippen LogP contribution >= 0.6 is 0 Å². The fourth-order valence-corrected chi connectivity index (χ4v) is 3.43. The summed E-state index contributed by atoms with van der Waals surface area (Å²) < 4.78 is 1.74. The van der Waals surface area contributed by atoms with E-state index in [1.165, 1.54) is 0 Å². The van der Waals surface area contributed by atoms with Gasteiger partial charge in [0.2, 0.25) is 0 Å². The lowest BCUT2D eigenvalue weighted by atomic mass is 10.0. The maximum atomic E-state index is 12.5. The molecular weight excluding hydrogens is 376 g/mol. The molecule has 0 radical (unpaired) electrons. The lowest BCUT2D eigenvalue weighted by Crippen LogP contribution is -2.23. The number of fused-ring (bicyclic) bond motifs is 1. The Morgan fingerprint density at radius 2 is 2.10 bits per heavy atom. The smallest absolute Gasteiger partial charge is 0.262 e. The Morgan fingerprint density at radius 3 is 2.80 bits per heavy atom. The van der Waals surface area contributed by atoms with Crippen LogP contribution in [0.25, 0.3) is 28.2 Å². The number of hydrogen-bond acceptors (Lipinski definition) is 4. The molecule has 0 fully saturated rings. The number of aromatic nitrogens is 4. The molecule has 1 aromatic carbocycles. The Kier molecular flexibility index (Phi) is 5.14. The third-order valence-corrected chi connectivity index (χ3v) is 4.97. The molecule has 0 saturated carbocycles. The highest BCUT2D eigenvalue weighted by Crippen LogP contribution is 2.30. The second kappa shape index (κ2) is 8.05. The van der Waals surface area contributed by atoms with Gasteiger partial charge in [0.15, 0.2) is 0 Å². The Morgan fingerprint density at radius 1 is 1.30 bits per heavy atom. The predicted octanol–water partition coefficient (Wildman–Crippen LogP) is 3.50. The van der Waals surface area contributed by atoms with Gasteiger partial charge in [0, 0.05) is 54.3 Å². The number of nitrogens with one attached hydrogen (secondary N) is 2. The first-order chi connectivity index (χ1) is 14.6. The van der Waals surface area contributed by atoms with Gasteiger partial charge < -0.3 is 10.3 Å². The minimum Gasteiger partial charge on any atom is -0.347 e. The number of hydrogen-bond donors (Lipinski definition) is 2. The summed E-state index contributed by atoms with van der Waals surface area (Å²) in [5, 5.41) is 17.5. The Bertz CT molecular complexity index is 1290. The van der Waals surface area contributed by atoms with Crippen molar-refractivity contribution in [2.75, 3.05) is 0 Å². The van der Waals surface area contributed by atoms with Crippen molar-refractivity contribution in [3.63, 3.8) is 0 Å². The molecule has 0 unspecified atom stereocenters. The van der Waals surface area contributed by atoms with E-state index in [2.05, 4.69) is 20.4 Å². The van der Waals surface area contributed by atoms with Gasteiger partial charge in [0.1, 0.15) is 17.3 Å². The van der Waals surface area contributed by atoms with Crippen molar-refractivity contribution in [2.24, 2.45) is 7.05 Å². The lowest BCUT2D eigenvalue weighted by molar-refractivity contribution is -0.117. The van der Waals surface area contributed by atoms with Crippen LogP contribution < -0.4 is 5.32 Å². The minimum atomic E-state index is -0.412. The molecule has 0 bridgehead atoms. The zero-order valence-corrected chi connectivity index (χ0v) is 16.7. The number of carbonyl (C=O) groups is 1. The van der Waals surface area contributed by atoms with Crippen molar-refractivity contribution < 1.29 is 4.79 Å². The summed E-state index contributed by atoms with van der Waals surface area (Å²) >= 11 is 0. The fraction of sp³-hybridized carbons (Fsp3) is 0.130. The van der Waals surface area contributed by atoms with E-state index in [-0.39, 0.29) is 5.57 Å². The number of H-pyrrole nitrogens is 1. The molecule has 0 aliphatic carbocycles. The van der Waals surface area contributed by atoms with Gasteiger partial charge in [-0.2, -0.15) is 10.4 Å². The van der Waals surface area contributed by atoms with Gasteiger partial charge in [-0.15, -0.1) is 0 Å². The largest absolute Gasteiger partial charge is 0.347 e. The summed E-state index contributed by atoms with van der Waals surface area (Å²) in [5.74, 6) is -0.412. The number of nitrogens with zero attached hydrogens (tertiary/aromatic N) is 4. The number of aryl methyl sites for hydroxylation is 2. The molecule has 0 spiro atoms. The van der Waals surface area contributed by atoms with Crippen LogP contribution in [0.2, 0.25) is 0 Å². The van der Waals surface area contributed by atoms with Crippen molar-refractivity contribution in [1.29, 1.82) is 5.26 Å². The first kappa shape index (κ1) is 19.2. The first-order valence-corrected chi connectivity index (χ1v) is 9.46. The second-order valence-corrected chi connectivity index (χ2v) is 7.01. The standard InChI is InChI=1S/C23H20N6O/c1-15-20(19-12-28-29(2)14-19)13-26-22-21(15)18(11-25-22)8-17(9-24)23(30)27-10-16-6-4-3-5-7-16/h3-8,11-14H,10H2,1-2H3,(H,25,26)(H,27,30)/b17-8+. The molecule has 0 aliphatic heterocycles. The SMILES string of the molecule is Cc1c(-c2cnn(C)c2)cnc2[nH]cc(/C=C(\C#N)C(=O)NCc3ccccc3)c12.